The van der Waals surface area contributed by atoms with Gasteiger partial charge in [0.2, 0.25) is 0 Å². The molecule has 1 rings (SSSR count). The predicted molar refractivity (Wildman–Crippen MR) is 118 cm³/mol. The van der Waals surface area contributed by atoms with Gasteiger partial charge in [0, 0.05) is 44.1 Å². The van der Waals surface area contributed by atoms with Crippen molar-refractivity contribution < 1.29 is 31.4 Å². The average Bonchev–Trinajstić information content (AvgIpc) is 2.74. The molecule has 0 fully saturated rings. The second-order valence-electron chi connectivity index (χ2n) is 8.13. The zero-order valence-corrected chi connectivity index (χ0v) is 20.0. The first-order chi connectivity index (χ1) is 15.5. The number of nitrogens with one attached hydrogen (secondary N) is 1. The number of rotatable bonds is 11. The number of hydrogen-bond donors (Lipinski definition) is 2. The van der Waals surface area contributed by atoms with Crippen molar-refractivity contribution >= 4 is 11.9 Å². The number of halogens is 6. The molecule has 1 aromatic rings. The first-order valence-electron chi connectivity index (χ1n) is 10.6. The molecule has 7 nitrogen and oxygen atoms in total. The molecule has 0 saturated carbocycles. The normalized spacial score (nSPS) is 16.0. The predicted octanol–water partition coefficient (Wildman–Crippen LogP) is 5.20. The van der Waals surface area contributed by atoms with Crippen LogP contribution in [0.2, 0.25) is 0 Å². The fraction of sp³-hybridized carbons (Fsp3) is 0.667. The molecule has 0 spiro atoms. The van der Waals surface area contributed by atoms with E-state index in [1.54, 1.807) is 23.3 Å². The lowest BCUT2D eigenvalue weighted by atomic mass is 9.92. The molecule has 0 aliphatic carbocycles. The van der Waals surface area contributed by atoms with E-state index in [-0.39, 0.29) is 18.1 Å². The Kier molecular flexibility index (Phi) is 10.2. The van der Waals surface area contributed by atoms with Gasteiger partial charge in [0.05, 0.1) is 12.1 Å². The smallest absolute Gasteiger partial charge is 0.383 e. The molecule has 1 aromatic carbocycles. The number of alkyl halides is 6. The summed E-state index contributed by atoms with van der Waals surface area (Å²) in [6, 6.07) is 3.10. The summed E-state index contributed by atoms with van der Waals surface area (Å²) in [6.07, 6.45) is -9.58. The number of anilines is 1. The SMILES string of the molecule is C/C=N\N(C)[C@H](C)C(C)N=NN(C)CCC(C)Nc1ccc(C(O)(C(F)(F)F)C(F)(F)F)cc1. The molecule has 0 bridgehead atoms. The molecule has 194 valence electrons. The van der Waals surface area contributed by atoms with Gasteiger partial charge in [-0.05, 0) is 46.2 Å². The topological polar surface area (TPSA) is 75.8 Å². The fourth-order valence-electron chi connectivity index (χ4n) is 2.94. The second kappa shape index (κ2) is 11.7. The first-order valence-corrected chi connectivity index (χ1v) is 10.6. The monoisotopic (exact) mass is 498 g/mol. The van der Waals surface area contributed by atoms with Crippen LogP contribution in [-0.2, 0) is 5.60 Å². The van der Waals surface area contributed by atoms with Crippen molar-refractivity contribution in [2.24, 2.45) is 15.4 Å². The molecule has 0 amide bonds. The Morgan fingerprint density at radius 1 is 1.00 bits per heavy atom. The zero-order chi connectivity index (χ0) is 26.3. The highest BCUT2D eigenvalue weighted by Gasteiger charge is 2.71. The van der Waals surface area contributed by atoms with Crippen molar-refractivity contribution in [3.63, 3.8) is 0 Å². The van der Waals surface area contributed by atoms with Crippen molar-refractivity contribution in [1.82, 2.24) is 10.0 Å². The zero-order valence-electron chi connectivity index (χ0n) is 20.0. The minimum absolute atomic E-state index is 0.0317. The van der Waals surface area contributed by atoms with Crippen LogP contribution in [0.4, 0.5) is 32.0 Å². The quantitative estimate of drug-likeness (QED) is 0.190. The maximum atomic E-state index is 13.0. The Balaban J connectivity index is 2.69. The lowest BCUT2D eigenvalue weighted by molar-refractivity contribution is -0.376. The van der Waals surface area contributed by atoms with E-state index in [4.69, 9.17) is 0 Å². The number of hydrazone groups is 1. The van der Waals surface area contributed by atoms with Crippen LogP contribution in [0, 0.1) is 0 Å². The highest BCUT2D eigenvalue weighted by Crippen LogP contribution is 2.50. The molecule has 0 aliphatic rings. The van der Waals surface area contributed by atoms with Crippen LogP contribution in [0.25, 0.3) is 0 Å². The van der Waals surface area contributed by atoms with E-state index in [2.05, 4.69) is 20.8 Å². The van der Waals surface area contributed by atoms with Crippen molar-refractivity contribution in [2.45, 2.75) is 70.2 Å². The van der Waals surface area contributed by atoms with Gasteiger partial charge in [-0.2, -0.15) is 36.6 Å². The summed E-state index contributed by atoms with van der Waals surface area (Å²) in [6.45, 7) is 8.01. The van der Waals surface area contributed by atoms with Crippen LogP contribution >= 0.6 is 0 Å². The Hall–Kier alpha value is -2.57. The molecular formula is C21H32F6N6O. The van der Waals surface area contributed by atoms with Gasteiger partial charge in [-0.3, -0.25) is 10.0 Å². The third-order valence-electron chi connectivity index (χ3n) is 5.39. The highest BCUT2D eigenvalue weighted by molar-refractivity contribution is 5.52. The van der Waals surface area contributed by atoms with Crippen molar-refractivity contribution in [3.8, 4) is 0 Å². The summed E-state index contributed by atoms with van der Waals surface area (Å²) in [5.74, 6) is 0. The van der Waals surface area contributed by atoms with Gasteiger partial charge < -0.3 is 10.4 Å². The largest absolute Gasteiger partial charge is 0.430 e. The Morgan fingerprint density at radius 3 is 2.00 bits per heavy atom. The van der Waals surface area contributed by atoms with Gasteiger partial charge in [-0.15, -0.1) is 0 Å². The molecule has 2 unspecified atom stereocenters. The van der Waals surface area contributed by atoms with Crippen LogP contribution < -0.4 is 5.32 Å². The van der Waals surface area contributed by atoms with Crippen molar-refractivity contribution in [1.29, 1.82) is 0 Å². The summed E-state index contributed by atoms with van der Waals surface area (Å²) in [5.41, 5.74) is -5.93. The molecule has 13 heteroatoms. The third kappa shape index (κ3) is 7.47. The molecule has 0 aliphatic heterocycles. The second-order valence-corrected chi connectivity index (χ2v) is 8.13. The van der Waals surface area contributed by atoms with E-state index in [1.165, 1.54) is 0 Å². The molecule has 0 heterocycles. The number of likely N-dealkylation sites (N-methyl/N-ethyl adjacent to an activating group) is 1. The van der Waals surface area contributed by atoms with Crippen LogP contribution in [0.3, 0.4) is 0 Å². The van der Waals surface area contributed by atoms with E-state index in [1.807, 2.05) is 34.7 Å². The number of hydrogen-bond acceptors (Lipinski definition) is 6. The number of aliphatic hydroxyl groups is 1. The Morgan fingerprint density at radius 2 is 1.53 bits per heavy atom. The lowest BCUT2D eigenvalue weighted by Crippen LogP contribution is -2.53. The van der Waals surface area contributed by atoms with Crippen LogP contribution in [-0.4, -0.2) is 72.5 Å². The van der Waals surface area contributed by atoms with Crippen LogP contribution in [0.15, 0.2) is 39.7 Å². The maximum absolute atomic E-state index is 13.0. The fourth-order valence-corrected chi connectivity index (χ4v) is 2.94. The third-order valence-corrected chi connectivity index (χ3v) is 5.39. The lowest BCUT2D eigenvalue weighted by Gasteiger charge is -2.32. The molecule has 34 heavy (non-hydrogen) atoms. The standard InChI is InChI=1S/C21H32F6N6O/c1-7-28-33(6)16(4)15(3)30-31-32(5)13-12-14(2)29-18-10-8-17(9-11-18)19(34,20(22,23)24)21(25,26)27/h7-11,14-16,29,34H,12-13H2,1-6H3/b28-7-,31-30?/t14?,15?,16-/m1/s1. The van der Waals surface area contributed by atoms with Gasteiger partial charge in [0.15, 0.2) is 0 Å². The molecule has 0 aromatic heterocycles. The van der Waals surface area contributed by atoms with E-state index in [9.17, 15) is 31.4 Å². The average molecular weight is 499 g/mol. The van der Waals surface area contributed by atoms with Crippen LogP contribution in [0.5, 0.6) is 0 Å². The summed E-state index contributed by atoms with van der Waals surface area (Å²) >= 11 is 0. The molecule has 0 radical (unpaired) electrons. The maximum Gasteiger partial charge on any atom is 0.430 e. The van der Waals surface area contributed by atoms with Gasteiger partial charge in [-0.1, -0.05) is 17.4 Å². The van der Waals surface area contributed by atoms with Crippen molar-refractivity contribution in [3.05, 3.63) is 29.8 Å². The molecule has 3 atom stereocenters. The van der Waals surface area contributed by atoms with Gasteiger partial charge in [-0.25, -0.2) is 0 Å². The van der Waals surface area contributed by atoms with Crippen molar-refractivity contribution in [2.75, 3.05) is 26.0 Å². The van der Waals surface area contributed by atoms with Gasteiger partial charge >= 0.3 is 12.4 Å². The number of benzene rings is 1. The van der Waals surface area contributed by atoms with E-state index in [0.29, 0.717) is 30.8 Å². The highest BCUT2D eigenvalue weighted by atomic mass is 19.4. The molecule has 2 N–H and O–H groups in total. The Labute approximate surface area is 195 Å². The summed E-state index contributed by atoms with van der Waals surface area (Å²) in [4.78, 5) is 0. The molecule has 0 saturated heterocycles. The van der Waals surface area contributed by atoms with Gasteiger partial charge in [0.1, 0.15) is 0 Å². The van der Waals surface area contributed by atoms with E-state index >= 15 is 0 Å². The van der Waals surface area contributed by atoms with E-state index < -0.39 is 23.5 Å². The number of nitrogens with zero attached hydrogens (tertiary/aromatic N) is 5. The summed E-state index contributed by atoms with van der Waals surface area (Å²) < 4.78 is 77.9. The summed E-state index contributed by atoms with van der Waals surface area (Å²) in [7, 11) is 3.58. The Bertz CT molecular complexity index is 797. The summed E-state index contributed by atoms with van der Waals surface area (Å²) in [5, 5.41) is 28.5. The minimum atomic E-state index is -5.92. The molecular weight excluding hydrogens is 466 g/mol. The van der Waals surface area contributed by atoms with E-state index in [0.717, 1.165) is 12.1 Å². The van der Waals surface area contributed by atoms with Gasteiger partial charge in [0.25, 0.3) is 5.60 Å². The minimum Gasteiger partial charge on any atom is -0.383 e. The first kappa shape index (κ1) is 29.5. The van der Waals surface area contributed by atoms with Crippen LogP contribution in [0.1, 0.15) is 39.7 Å².